The van der Waals surface area contributed by atoms with Crippen LogP contribution in [0.1, 0.15) is 45.2 Å². The number of aryl methyl sites for hydroxylation is 1. The Morgan fingerprint density at radius 2 is 2.24 bits per heavy atom. The summed E-state index contributed by atoms with van der Waals surface area (Å²) in [5, 5.41) is 3.62. The molecule has 1 aromatic heterocycles. The number of ether oxygens (including phenoxy) is 2. The summed E-state index contributed by atoms with van der Waals surface area (Å²) in [6, 6.07) is 0.432. The molecule has 0 spiro atoms. The Morgan fingerprint density at radius 3 is 2.90 bits per heavy atom. The molecule has 1 aromatic rings. The van der Waals surface area contributed by atoms with E-state index in [0.717, 1.165) is 50.5 Å². The van der Waals surface area contributed by atoms with E-state index in [-0.39, 0.29) is 5.60 Å². The van der Waals surface area contributed by atoms with Crippen molar-refractivity contribution in [1.29, 1.82) is 0 Å². The van der Waals surface area contributed by atoms with Crippen LogP contribution in [0.25, 0.3) is 0 Å². The third kappa shape index (κ3) is 3.98. The predicted octanol–water partition coefficient (Wildman–Crippen LogP) is 2.99. The lowest BCUT2D eigenvalue weighted by atomic mass is 9.86. The monoisotopic (exact) mass is 295 g/mol. The van der Waals surface area contributed by atoms with Crippen LogP contribution in [-0.2, 0) is 16.0 Å². The SMILES string of the molecule is CCC1(CC)CC(Nc2nc(C)cn2CCOC)CCO1. The smallest absolute Gasteiger partial charge is 0.203 e. The van der Waals surface area contributed by atoms with E-state index in [1.807, 2.05) is 6.92 Å². The minimum atomic E-state index is 0.0366. The minimum absolute atomic E-state index is 0.0366. The second-order valence-electron chi connectivity index (χ2n) is 5.96. The van der Waals surface area contributed by atoms with Crippen molar-refractivity contribution in [2.75, 3.05) is 25.6 Å². The summed E-state index contributed by atoms with van der Waals surface area (Å²) in [4.78, 5) is 4.61. The van der Waals surface area contributed by atoms with Gasteiger partial charge in [0.15, 0.2) is 0 Å². The molecule has 5 heteroatoms. The zero-order valence-corrected chi connectivity index (χ0v) is 13.8. The van der Waals surface area contributed by atoms with E-state index in [2.05, 4.69) is 34.9 Å². The molecule has 1 aliphatic rings. The Labute approximate surface area is 128 Å². The van der Waals surface area contributed by atoms with E-state index in [1.165, 1.54) is 0 Å². The van der Waals surface area contributed by atoms with Gasteiger partial charge in [-0.05, 0) is 32.6 Å². The van der Waals surface area contributed by atoms with Gasteiger partial charge in [-0.25, -0.2) is 4.98 Å². The molecular formula is C16H29N3O2. The third-order valence-electron chi connectivity index (χ3n) is 4.55. The van der Waals surface area contributed by atoms with Crippen LogP contribution in [0.5, 0.6) is 0 Å². The fourth-order valence-electron chi connectivity index (χ4n) is 3.10. The highest BCUT2D eigenvalue weighted by molar-refractivity contribution is 5.30. The third-order valence-corrected chi connectivity index (χ3v) is 4.55. The average Bonchev–Trinajstić information content (AvgIpc) is 2.85. The molecular weight excluding hydrogens is 266 g/mol. The Morgan fingerprint density at radius 1 is 1.48 bits per heavy atom. The normalized spacial score (nSPS) is 21.4. The summed E-state index contributed by atoms with van der Waals surface area (Å²) in [6.07, 6.45) is 6.30. The highest BCUT2D eigenvalue weighted by Crippen LogP contribution is 2.32. The van der Waals surface area contributed by atoms with E-state index in [4.69, 9.17) is 9.47 Å². The highest BCUT2D eigenvalue weighted by Gasteiger charge is 2.34. The number of aromatic nitrogens is 2. The van der Waals surface area contributed by atoms with Crippen LogP contribution in [-0.4, -0.2) is 41.5 Å². The van der Waals surface area contributed by atoms with Crippen LogP contribution in [0, 0.1) is 6.92 Å². The summed E-state index contributed by atoms with van der Waals surface area (Å²) < 4.78 is 13.4. The molecule has 2 rings (SSSR count). The minimum Gasteiger partial charge on any atom is -0.383 e. The standard InChI is InChI=1S/C16H29N3O2/c1-5-16(6-2)11-14(7-9-21-16)18-15-17-13(3)12-19(15)8-10-20-4/h12,14H,5-11H2,1-4H3,(H,17,18). The van der Waals surface area contributed by atoms with E-state index in [1.54, 1.807) is 7.11 Å². The van der Waals surface area contributed by atoms with Gasteiger partial charge in [-0.2, -0.15) is 0 Å². The fourth-order valence-corrected chi connectivity index (χ4v) is 3.10. The Kier molecular flexibility index (Phi) is 5.65. The largest absolute Gasteiger partial charge is 0.383 e. The number of nitrogens with zero attached hydrogens (tertiary/aromatic N) is 2. The lowest BCUT2D eigenvalue weighted by Crippen LogP contribution is -2.44. The molecule has 0 bridgehead atoms. The zero-order valence-electron chi connectivity index (χ0n) is 13.8. The molecule has 0 aromatic carbocycles. The van der Waals surface area contributed by atoms with E-state index < -0.39 is 0 Å². The molecule has 5 nitrogen and oxygen atoms in total. The van der Waals surface area contributed by atoms with Gasteiger partial charge < -0.3 is 19.4 Å². The average molecular weight is 295 g/mol. The molecule has 1 aliphatic heterocycles. The molecule has 120 valence electrons. The maximum atomic E-state index is 6.04. The van der Waals surface area contributed by atoms with Crippen molar-refractivity contribution in [3.63, 3.8) is 0 Å². The van der Waals surface area contributed by atoms with Crippen LogP contribution >= 0.6 is 0 Å². The molecule has 0 saturated carbocycles. The lowest BCUT2D eigenvalue weighted by molar-refractivity contribution is -0.0865. The van der Waals surface area contributed by atoms with Gasteiger partial charge in [0.05, 0.1) is 17.9 Å². The van der Waals surface area contributed by atoms with E-state index >= 15 is 0 Å². The molecule has 1 unspecified atom stereocenters. The maximum absolute atomic E-state index is 6.04. The van der Waals surface area contributed by atoms with Gasteiger partial charge in [0.2, 0.25) is 5.95 Å². The molecule has 1 N–H and O–H groups in total. The molecule has 1 saturated heterocycles. The van der Waals surface area contributed by atoms with Gasteiger partial charge in [-0.15, -0.1) is 0 Å². The number of methoxy groups -OCH3 is 1. The second kappa shape index (κ2) is 7.27. The van der Waals surface area contributed by atoms with Crippen molar-refractivity contribution < 1.29 is 9.47 Å². The number of imidazole rings is 1. The van der Waals surface area contributed by atoms with Gasteiger partial charge >= 0.3 is 0 Å². The van der Waals surface area contributed by atoms with Crippen LogP contribution in [0.3, 0.4) is 0 Å². The zero-order chi connectivity index (χ0) is 15.3. The molecule has 0 aliphatic carbocycles. The van der Waals surface area contributed by atoms with Crippen molar-refractivity contribution in [1.82, 2.24) is 9.55 Å². The Balaban J connectivity index is 2.03. The summed E-state index contributed by atoms with van der Waals surface area (Å²) in [5.41, 5.74) is 1.08. The first-order chi connectivity index (χ1) is 10.1. The van der Waals surface area contributed by atoms with Crippen molar-refractivity contribution >= 4 is 5.95 Å². The van der Waals surface area contributed by atoms with Crippen molar-refractivity contribution in [2.24, 2.45) is 0 Å². The second-order valence-corrected chi connectivity index (χ2v) is 5.96. The van der Waals surface area contributed by atoms with E-state index in [0.29, 0.717) is 12.6 Å². The number of rotatable bonds is 7. The van der Waals surface area contributed by atoms with Gasteiger partial charge in [0.25, 0.3) is 0 Å². The summed E-state index contributed by atoms with van der Waals surface area (Å²) >= 11 is 0. The van der Waals surface area contributed by atoms with Crippen LogP contribution in [0.2, 0.25) is 0 Å². The van der Waals surface area contributed by atoms with Crippen molar-refractivity contribution in [3.05, 3.63) is 11.9 Å². The summed E-state index contributed by atoms with van der Waals surface area (Å²) in [7, 11) is 1.73. The highest BCUT2D eigenvalue weighted by atomic mass is 16.5. The topological polar surface area (TPSA) is 48.3 Å². The Bertz CT molecular complexity index is 441. The number of hydrogen-bond donors (Lipinski definition) is 1. The maximum Gasteiger partial charge on any atom is 0.203 e. The molecule has 0 amide bonds. The first-order valence-electron chi connectivity index (χ1n) is 8.05. The first kappa shape index (κ1) is 16.3. The molecule has 2 heterocycles. The van der Waals surface area contributed by atoms with Crippen molar-refractivity contribution in [3.8, 4) is 0 Å². The van der Waals surface area contributed by atoms with Crippen molar-refractivity contribution in [2.45, 2.75) is 64.6 Å². The fraction of sp³-hybridized carbons (Fsp3) is 0.812. The summed E-state index contributed by atoms with van der Waals surface area (Å²) in [5.74, 6) is 0.956. The van der Waals surface area contributed by atoms with Crippen LogP contribution in [0.15, 0.2) is 6.20 Å². The number of anilines is 1. The molecule has 0 radical (unpaired) electrons. The molecule has 1 atom stereocenters. The van der Waals surface area contributed by atoms with Gasteiger partial charge in [0, 0.05) is 32.5 Å². The Hall–Kier alpha value is -1.07. The van der Waals surface area contributed by atoms with Crippen LogP contribution in [0.4, 0.5) is 5.95 Å². The van der Waals surface area contributed by atoms with E-state index in [9.17, 15) is 0 Å². The molecule has 21 heavy (non-hydrogen) atoms. The lowest BCUT2D eigenvalue weighted by Gasteiger charge is -2.40. The first-order valence-corrected chi connectivity index (χ1v) is 8.05. The number of nitrogens with one attached hydrogen (secondary N) is 1. The molecule has 1 fully saturated rings. The van der Waals surface area contributed by atoms with Crippen LogP contribution < -0.4 is 5.32 Å². The van der Waals surface area contributed by atoms with Gasteiger partial charge in [0.1, 0.15) is 0 Å². The quantitative estimate of drug-likeness (QED) is 0.840. The number of hydrogen-bond acceptors (Lipinski definition) is 4. The van der Waals surface area contributed by atoms with Gasteiger partial charge in [-0.3, -0.25) is 0 Å². The summed E-state index contributed by atoms with van der Waals surface area (Å²) in [6.45, 7) is 8.82. The van der Waals surface area contributed by atoms with Gasteiger partial charge in [-0.1, -0.05) is 13.8 Å². The predicted molar refractivity (Wildman–Crippen MR) is 84.7 cm³/mol.